The summed E-state index contributed by atoms with van der Waals surface area (Å²) in [5, 5.41) is 3.19. The van der Waals surface area contributed by atoms with Crippen LogP contribution in [0.2, 0.25) is 0 Å². The molecule has 1 aliphatic carbocycles. The van der Waals surface area contributed by atoms with E-state index in [9.17, 15) is 17.6 Å². The molecule has 1 heterocycles. The molecule has 1 fully saturated rings. The quantitative estimate of drug-likeness (QED) is 0.879. The second kappa shape index (κ2) is 5.31. The Morgan fingerprint density at radius 1 is 1.09 bits per heavy atom. The van der Waals surface area contributed by atoms with Crippen LogP contribution in [-0.4, -0.2) is 9.97 Å². The fourth-order valence-electron chi connectivity index (χ4n) is 2.23. The van der Waals surface area contributed by atoms with E-state index in [1.807, 2.05) is 0 Å². The standard InChI is InChI=1S/C15H13F4N3/c16-11-3-1-10(2-4-11)9-21-14(6-7-14)13-20-8-5-12(22-13)15(17,18)19/h1-5,8,21H,6-7,9H2. The topological polar surface area (TPSA) is 37.8 Å². The Hall–Kier alpha value is -2.02. The first-order chi connectivity index (χ1) is 10.4. The number of alkyl halides is 3. The lowest BCUT2D eigenvalue weighted by Crippen LogP contribution is -2.31. The van der Waals surface area contributed by atoms with E-state index in [1.165, 1.54) is 12.1 Å². The van der Waals surface area contributed by atoms with Crippen LogP contribution in [0.5, 0.6) is 0 Å². The summed E-state index contributed by atoms with van der Waals surface area (Å²) < 4.78 is 51.0. The van der Waals surface area contributed by atoms with Crippen molar-refractivity contribution in [1.29, 1.82) is 0 Å². The summed E-state index contributed by atoms with van der Waals surface area (Å²) in [5.41, 5.74) is -0.706. The predicted octanol–water partition coefficient (Wildman–Crippen LogP) is 3.41. The molecule has 3 nitrogen and oxygen atoms in total. The molecule has 0 radical (unpaired) electrons. The summed E-state index contributed by atoms with van der Waals surface area (Å²) >= 11 is 0. The minimum absolute atomic E-state index is 0.157. The fourth-order valence-corrected chi connectivity index (χ4v) is 2.23. The molecule has 0 aliphatic heterocycles. The summed E-state index contributed by atoms with van der Waals surface area (Å²) in [6, 6.07) is 6.81. The van der Waals surface area contributed by atoms with Crippen molar-refractivity contribution >= 4 is 0 Å². The Balaban J connectivity index is 1.75. The van der Waals surface area contributed by atoms with E-state index in [2.05, 4.69) is 15.3 Å². The maximum Gasteiger partial charge on any atom is 0.433 e. The van der Waals surface area contributed by atoms with Crippen molar-refractivity contribution in [2.45, 2.75) is 31.1 Å². The monoisotopic (exact) mass is 311 g/mol. The van der Waals surface area contributed by atoms with E-state index in [0.717, 1.165) is 17.8 Å². The van der Waals surface area contributed by atoms with E-state index in [-0.39, 0.29) is 11.6 Å². The molecule has 3 rings (SSSR count). The second-order valence-electron chi connectivity index (χ2n) is 5.33. The third kappa shape index (κ3) is 3.09. The van der Waals surface area contributed by atoms with Gasteiger partial charge in [-0.15, -0.1) is 0 Å². The molecule has 2 aromatic rings. The zero-order valence-corrected chi connectivity index (χ0v) is 11.5. The minimum atomic E-state index is -4.48. The van der Waals surface area contributed by atoms with Gasteiger partial charge in [-0.1, -0.05) is 12.1 Å². The van der Waals surface area contributed by atoms with Crippen molar-refractivity contribution in [3.63, 3.8) is 0 Å². The fraction of sp³-hybridized carbons (Fsp3) is 0.333. The van der Waals surface area contributed by atoms with E-state index >= 15 is 0 Å². The van der Waals surface area contributed by atoms with E-state index in [1.54, 1.807) is 12.1 Å². The number of benzene rings is 1. The van der Waals surface area contributed by atoms with Crippen molar-refractivity contribution in [1.82, 2.24) is 15.3 Å². The van der Waals surface area contributed by atoms with Gasteiger partial charge >= 0.3 is 6.18 Å². The highest BCUT2D eigenvalue weighted by molar-refractivity contribution is 5.21. The van der Waals surface area contributed by atoms with Crippen molar-refractivity contribution in [3.8, 4) is 0 Å². The third-order valence-corrected chi connectivity index (χ3v) is 3.67. The van der Waals surface area contributed by atoms with E-state index < -0.39 is 17.4 Å². The first-order valence-corrected chi connectivity index (χ1v) is 6.79. The molecular formula is C15H13F4N3. The van der Waals surface area contributed by atoms with Crippen molar-refractivity contribution in [2.24, 2.45) is 0 Å². The lowest BCUT2D eigenvalue weighted by molar-refractivity contribution is -0.141. The molecule has 0 unspecified atom stereocenters. The van der Waals surface area contributed by atoms with Gasteiger partial charge in [0.15, 0.2) is 0 Å². The van der Waals surface area contributed by atoms with Gasteiger partial charge in [-0.05, 0) is 36.6 Å². The first-order valence-electron chi connectivity index (χ1n) is 6.79. The van der Waals surface area contributed by atoms with Crippen molar-refractivity contribution < 1.29 is 17.6 Å². The summed E-state index contributed by atoms with van der Waals surface area (Å²) in [5.74, 6) is -0.171. The average molecular weight is 311 g/mol. The number of nitrogens with zero attached hydrogens (tertiary/aromatic N) is 2. The molecule has 0 spiro atoms. The Bertz CT molecular complexity index is 663. The van der Waals surface area contributed by atoms with Gasteiger partial charge in [0.25, 0.3) is 0 Å². The van der Waals surface area contributed by atoms with Gasteiger partial charge in [0, 0.05) is 12.7 Å². The maximum absolute atomic E-state index is 12.8. The maximum atomic E-state index is 12.8. The molecule has 1 saturated carbocycles. The van der Waals surface area contributed by atoms with Gasteiger partial charge in [-0.2, -0.15) is 13.2 Å². The Morgan fingerprint density at radius 2 is 1.77 bits per heavy atom. The van der Waals surface area contributed by atoms with Gasteiger partial charge in [0.05, 0.1) is 5.54 Å². The highest BCUT2D eigenvalue weighted by atomic mass is 19.4. The number of halogens is 4. The minimum Gasteiger partial charge on any atom is -0.301 e. The Kier molecular flexibility index (Phi) is 3.60. The molecule has 1 aromatic carbocycles. The molecule has 0 saturated heterocycles. The summed E-state index contributed by atoms with van der Waals surface area (Å²) in [7, 11) is 0. The van der Waals surface area contributed by atoms with Crippen LogP contribution >= 0.6 is 0 Å². The van der Waals surface area contributed by atoms with Crippen LogP contribution in [0.15, 0.2) is 36.5 Å². The second-order valence-corrected chi connectivity index (χ2v) is 5.33. The highest BCUT2D eigenvalue weighted by Crippen LogP contribution is 2.44. The lowest BCUT2D eigenvalue weighted by atomic mass is 10.2. The third-order valence-electron chi connectivity index (χ3n) is 3.67. The SMILES string of the molecule is Fc1ccc(CNC2(c3nccc(C(F)(F)F)n3)CC2)cc1. The molecule has 7 heteroatoms. The lowest BCUT2D eigenvalue weighted by Gasteiger charge is -2.17. The van der Waals surface area contributed by atoms with Crippen LogP contribution in [0.1, 0.15) is 29.9 Å². The van der Waals surface area contributed by atoms with Crippen LogP contribution < -0.4 is 5.32 Å². The number of hydrogen-bond acceptors (Lipinski definition) is 3. The Labute approximate surface area is 124 Å². The summed E-state index contributed by atoms with van der Waals surface area (Å²) in [6.07, 6.45) is -2.00. The normalized spacial score (nSPS) is 16.5. The number of rotatable bonds is 4. The molecule has 116 valence electrons. The van der Waals surface area contributed by atoms with Gasteiger partial charge in [-0.25, -0.2) is 14.4 Å². The number of hydrogen-bond donors (Lipinski definition) is 1. The van der Waals surface area contributed by atoms with E-state index in [0.29, 0.717) is 19.4 Å². The molecule has 0 bridgehead atoms. The van der Waals surface area contributed by atoms with Gasteiger partial charge < -0.3 is 5.32 Å². The molecule has 1 aromatic heterocycles. The highest BCUT2D eigenvalue weighted by Gasteiger charge is 2.47. The van der Waals surface area contributed by atoms with Crippen LogP contribution in [0.4, 0.5) is 17.6 Å². The zero-order chi connectivity index (χ0) is 15.8. The Morgan fingerprint density at radius 3 is 2.36 bits per heavy atom. The molecule has 0 amide bonds. The average Bonchev–Trinajstić information content (AvgIpc) is 3.27. The van der Waals surface area contributed by atoms with Gasteiger partial charge in [0.2, 0.25) is 0 Å². The van der Waals surface area contributed by atoms with Crippen LogP contribution in [0.3, 0.4) is 0 Å². The summed E-state index contributed by atoms with van der Waals surface area (Å²) in [4.78, 5) is 7.63. The molecule has 1 aliphatic rings. The summed E-state index contributed by atoms with van der Waals surface area (Å²) in [6.45, 7) is 0.417. The van der Waals surface area contributed by atoms with Crippen molar-refractivity contribution in [3.05, 3.63) is 59.4 Å². The molecule has 0 atom stereocenters. The molecule has 1 N–H and O–H groups in total. The zero-order valence-electron chi connectivity index (χ0n) is 11.5. The van der Waals surface area contributed by atoms with Crippen LogP contribution in [0, 0.1) is 5.82 Å². The largest absolute Gasteiger partial charge is 0.433 e. The van der Waals surface area contributed by atoms with Crippen molar-refractivity contribution in [2.75, 3.05) is 0 Å². The smallest absolute Gasteiger partial charge is 0.301 e. The number of nitrogens with one attached hydrogen (secondary N) is 1. The van der Waals surface area contributed by atoms with Gasteiger partial charge in [-0.3, -0.25) is 0 Å². The number of aromatic nitrogens is 2. The van der Waals surface area contributed by atoms with E-state index in [4.69, 9.17) is 0 Å². The van der Waals surface area contributed by atoms with Gasteiger partial charge in [0.1, 0.15) is 17.3 Å². The predicted molar refractivity (Wildman–Crippen MR) is 71.2 cm³/mol. The first kappa shape index (κ1) is 14.9. The van der Waals surface area contributed by atoms with Crippen LogP contribution in [0.25, 0.3) is 0 Å². The molecule has 22 heavy (non-hydrogen) atoms. The molecular weight excluding hydrogens is 298 g/mol. The van der Waals surface area contributed by atoms with Crippen LogP contribution in [-0.2, 0) is 18.3 Å².